The van der Waals surface area contributed by atoms with Crippen LogP contribution in [0.15, 0.2) is 12.1 Å². The van der Waals surface area contributed by atoms with Crippen LogP contribution in [-0.4, -0.2) is 38.5 Å². The first-order valence-corrected chi connectivity index (χ1v) is 6.38. The Morgan fingerprint density at radius 2 is 1.85 bits per heavy atom. The van der Waals surface area contributed by atoms with E-state index in [1.165, 1.54) is 14.2 Å². The molecule has 6 nitrogen and oxygen atoms in total. The van der Waals surface area contributed by atoms with Crippen molar-refractivity contribution in [2.75, 3.05) is 27.4 Å². The Hall–Kier alpha value is -1.95. The zero-order valence-corrected chi connectivity index (χ0v) is 11.3. The number of carbonyl (C=O) groups excluding carboxylic acids is 1. The molecule has 0 radical (unpaired) electrons. The monoisotopic (exact) mass is 280 g/mol. The Morgan fingerprint density at radius 1 is 1.20 bits per heavy atom. The lowest BCUT2D eigenvalue weighted by atomic mass is 9.90. The van der Waals surface area contributed by atoms with Crippen molar-refractivity contribution in [2.45, 2.75) is 6.10 Å². The summed E-state index contributed by atoms with van der Waals surface area (Å²) in [7, 11) is 2.94. The Balaban J connectivity index is 1.96. The second-order valence-corrected chi connectivity index (χ2v) is 4.93. The number of rotatable bonds is 3. The minimum atomic E-state index is -0.255. The quantitative estimate of drug-likeness (QED) is 0.840. The molecule has 2 heterocycles. The number of phenols is 1. The summed E-state index contributed by atoms with van der Waals surface area (Å²) in [6.45, 7) is 0.722. The average molecular weight is 280 g/mol. The topological polar surface area (TPSA) is 74.2 Å². The summed E-state index contributed by atoms with van der Waals surface area (Å²) in [5.74, 6) is 0.183. The second kappa shape index (κ2) is 4.86. The molecule has 1 N–H and O–H groups in total. The molecular weight excluding hydrogens is 264 g/mol. The minimum Gasteiger partial charge on any atom is -0.502 e. The predicted octanol–water partition coefficient (Wildman–Crippen LogP) is 1.27. The maximum Gasteiger partial charge on any atom is 0.311 e. The molecule has 2 aliphatic rings. The van der Waals surface area contributed by atoms with Gasteiger partial charge in [0.25, 0.3) is 0 Å². The highest BCUT2D eigenvalue weighted by Crippen LogP contribution is 2.46. The molecule has 1 aromatic carbocycles. The van der Waals surface area contributed by atoms with Crippen LogP contribution in [0.2, 0.25) is 0 Å². The molecule has 108 valence electrons. The van der Waals surface area contributed by atoms with E-state index in [4.69, 9.17) is 18.9 Å². The van der Waals surface area contributed by atoms with E-state index in [9.17, 15) is 9.90 Å². The molecule has 2 aliphatic heterocycles. The van der Waals surface area contributed by atoms with Crippen LogP contribution >= 0.6 is 0 Å². The van der Waals surface area contributed by atoms with Gasteiger partial charge in [0, 0.05) is 5.92 Å². The van der Waals surface area contributed by atoms with Gasteiger partial charge >= 0.3 is 5.97 Å². The van der Waals surface area contributed by atoms with E-state index in [2.05, 4.69) is 0 Å². The first kappa shape index (κ1) is 13.1. The molecule has 0 aromatic heterocycles. The third kappa shape index (κ3) is 1.87. The van der Waals surface area contributed by atoms with E-state index in [1.807, 2.05) is 0 Å². The van der Waals surface area contributed by atoms with Crippen LogP contribution in [0.3, 0.4) is 0 Å². The van der Waals surface area contributed by atoms with E-state index in [1.54, 1.807) is 12.1 Å². The van der Waals surface area contributed by atoms with Crippen molar-refractivity contribution in [3.63, 3.8) is 0 Å². The number of hydrogen-bond donors (Lipinski definition) is 1. The molecule has 3 unspecified atom stereocenters. The Morgan fingerprint density at radius 3 is 2.45 bits per heavy atom. The third-order valence-electron chi connectivity index (χ3n) is 3.91. The molecule has 2 saturated heterocycles. The number of esters is 1. The van der Waals surface area contributed by atoms with Crippen LogP contribution in [-0.2, 0) is 14.3 Å². The maximum atomic E-state index is 11.5. The molecule has 20 heavy (non-hydrogen) atoms. The van der Waals surface area contributed by atoms with Gasteiger partial charge < -0.3 is 24.1 Å². The van der Waals surface area contributed by atoms with Crippen LogP contribution in [0, 0.1) is 11.8 Å². The zero-order chi connectivity index (χ0) is 14.3. The molecule has 0 aliphatic carbocycles. The van der Waals surface area contributed by atoms with Crippen LogP contribution in [0.25, 0.3) is 0 Å². The van der Waals surface area contributed by atoms with Crippen molar-refractivity contribution < 1.29 is 28.8 Å². The lowest BCUT2D eigenvalue weighted by molar-refractivity contribution is -0.142. The van der Waals surface area contributed by atoms with Gasteiger partial charge in [0.1, 0.15) is 0 Å². The molecule has 3 rings (SSSR count). The molecule has 0 saturated carbocycles. The Labute approximate surface area is 116 Å². The Kier molecular flexibility index (Phi) is 3.17. The number of carbonyl (C=O) groups is 1. The van der Waals surface area contributed by atoms with Gasteiger partial charge in [-0.25, -0.2) is 0 Å². The second-order valence-electron chi connectivity index (χ2n) is 4.93. The third-order valence-corrected chi connectivity index (χ3v) is 3.91. The van der Waals surface area contributed by atoms with Crippen LogP contribution in [0.5, 0.6) is 17.2 Å². The van der Waals surface area contributed by atoms with Crippen LogP contribution in [0.1, 0.15) is 11.7 Å². The Bertz CT molecular complexity index is 515. The van der Waals surface area contributed by atoms with Crippen molar-refractivity contribution in [1.29, 1.82) is 0 Å². The number of aromatic hydroxyl groups is 1. The highest BCUT2D eigenvalue weighted by molar-refractivity contribution is 5.75. The summed E-state index contributed by atoms with van der Waals surface area (Å²) < 4.78 is 21.1. The van der Waals surface area contributed by atoms with Gasteiger partial charge in [-0.2, -0.15) is 0 Å². The predicted molar refractivity (Wildman–Crippen MR) is 67.8 cm³/mol. The number of cyclic esters (lactones) is 1. The minimum absolute atomic E-state index is 0.00135. The van der Waals surface area contributed by atoms with E-state index in [0.29, 0.717) is 24.7 Å². The first-order valence-electron chi connectivity index (χ1n) is 6.38. The molecule has 0 bridgehead atoms. The number of methoxy groups -OCH3 is 2. The number of fused-ring (bicyclic) bond motifs is 1. The first-order chi connectivity index (χ1) is 9.65. The molecule has 2 fully saturated rings. The lowest BCUT2D eigenvalue weighted by Crippen LogP contribution is -2.14. The summed E-state index contributed by atoms with van der Waals surface area (Å²) in [6.07, 6.45) is -0.255. The van der Waals surface area contributed by atoms with Crippen molar-refractivity contribution >= 4 is 5.97 Å². The summed E-state index contributed by atoms with van der Waals surface area (Å²) in [5, 5.41) is 9.92. The standard InChI is InChI=1S/C14H16O6/c1-17-10-3-7(4-11(18-2)12(10)15)13-8-5-20-14(16)9(8)6-19-13/h3-4,8-9,13,15H,5-6H2,1-2H3. The van der Waals surface area contributed by atoms with E-state index in [-0.39, 0.29) is 29.7 Å². The molecule has 0 amide bonds. The van der Waals surface area contributed by atoms with Crippen LogP contribution < -0.4 is 9.47 Å². The van der Waals surface area contributed by atoms with E-state index >= 15 is 0 Å². The van der Waals surface area contributed by atoms with Gasteiger partial charge in [0.2, 0.25) is 5.75 Å². The fourth-order valence-electron chi connectivity index (χ4n) is 2.82. The highest BCUT2D eigenvalue weighted by atomic mass is 16.6. The fraction of sp³-hybridized carbons (Fsp3) is 0.500. The summed E-state index contributed by atoms with van der Waals surface area (Å²) in [5.41, 5.74) is 0.808. The lowest BCUT2D eigenvalue weighted by Gasteiger charge is -2.18. The maximum absolute atomic E-state index is 11.5. The molecule has 1 aromatic rings. The SMILES string of the molecule is COc1cc(C2OCC3C(=O)OCC32)cc(OC)c1O. The fourth-order valence-corrected chi connectivity index (χ4v) is 2.82. The van der Waals surface area contributed by atoms with Crippen molar-refractivity contribution in [3.8, 4) is 17.2 Å². The highest BCUT2D eigenvalue weighted by Gasteiger charge is 2.48. The molecule has 0 spiro atoms. The van der Waals surface area contributed by atoms with Crippen LogP contribution in [0.4, 0.5) is 0 Å². The molecule has 6 heteroatoms. The van der Waals surface area contributed by atoms with Gasteiger partial charge in [-0.15, -0.1) is 0 Å². The van der Waals surface area contributed by atoms with E-state index in [0.717, 1.165) is 5.56 Å². The summed E-state index contributed by atoms with van der Waals surface area (Å²) >= 11 is 0. The average Bonchev–Trinajstić information content (AvgIpc) is 3.03. The smallest absolute Gasteiger partial charge is 0.311 e. The van der Waals surface area contributed by atoms with Crippen molar-refractivity contribution in [2.24, 2.45) is 11.8 Å². The van der Waals surface area contributed by atoms with Crippen molar-refractivity contribution in [3.05, 3.63) is 17.7 Å². The van der Waals surface area contributed by atoms with Gasteiger partial charge in [-0.1, -0.05) is 0 Å². The zero-order valence-electron chi connectivity index (χ0n) is 11.3. The van der Waals surface area contributed by atoms with E-state index < -0.39 is 0 Å². The van der Waals surface area contributed by atoms with Gasteiger partial charge in [0.05, 0.1) is 39.5 Å². The number of benzene rings is 1. The number of phenolic OH excluding ortho intramolecular Hbond substituents is 1. The summed E-state index contributed by atoms with van der Waals surface area (Å²) in [6, 6.07) is 3.40. The molecular formula is C14H16O6. The van der Waals surface area contributed by atoms with Crippen molar-refractivity contribution in [1.82, 2.24) is 0 Å². The molecule has 3 atom stereocenters. The largest absolute Gasteiger partial charge is 0.502 e. The normalized spacial score (nSPS) is 28.1. The number of ether oxygens (including phenoxy) is 4. The number of hydrogen-bond acceptors (Lipinski definition) is 6. The summed E-state index contributed by atoms with van der Waals surface area (Å²) in [4.78, 5) is 11.5. The van der Waals surface area contributed by atoms with Gasteiger partial charge in [0.15, 0.2) is 11.5 Å². The van der Waals surface area contributed by atoms with Gasteiger partial charge in [-0.05, 0) is 17.7 Å². The van der Waals surface area contributed by atoms with Gasteiger partial charge in [-0.3, -0.25) is 4.79 Å².